The Hall–Kier alpha value is -3.45. The van der Waals surface area contributed by atoms with Gasteiger partial charge in [0.2, 0.25) is 5.91 Å². The van der Waals surface area contributed by atoms with Crippen LogP contribution in [0.2, 0.25) is 0 Å². The summed E-state index contributed by atoms with van der Waals surface area (Å²) in [6, 6.07) is 17.4. The molecule has 2 aromatic carbocycles. The summed E-state index contributed by atoms with van der Waals surface area (Å²) in [5, 5.41) is 1.56. The highest BCUT2D eigenvalue weighted by Gasteiger charge is 2.61. The summed E-state index contributed by atoms with van der Waals surface area (Å²) in [4.78, 5) is 33.2. The standard InChI is InChI=1S/C21H15FN2O4/c22-13-8-10-14(11-9-13)23-20(25)17-18(16-7-4-12-27-16)24(28-19(17)21(23)26)15-5-2-1-3-6-15/h1-12,17-19H/t17-,18+,19+/m0/s1. The fraction of sp³-hybridized carbons (Fsp3) is 0.143. The van der Waals surface area contributed by atoms with Crippen LogP contribution in [0.5, 0.6) is 0 Å². The number of rotatable bonds is 3. The van der Waals surface area contributed by atoms with Crippen LogP contribution in [0.3, 0.4) is 0 Å². The molecule has 2 aliphatic rings. The van der Waals surface area contributed by atoms with Gasteiger partial charge in [-0.15, -0.1) is 0 Å². The average Bonchev–Trinajstić information content (AvgIpc) is 3.42. The molecule has 3 aromatic rings. The van der Waals surface area contributed by atoms with Gasteiger partial charge >= 0.3 is 0 Å². The van der Waals surface area contributed by atoms with E-state index in [-0.39, 0.29) is 0 Å². The minimum atomic E-state index is -0.979. The maximum Gasteiger partial charge on any atom is 0.266 e. The Balaban J connectivity index is 1.56. The lowest BCUT2D eigenvalue weighted by atomic mass is 9.94. The first-order valence-electron chi connectivity index (χ1n) is 8.83. The van der Waals surface area contributed by atoms with Crippen LogP contribution >= 0.6 is 0 Å². The van der Waals surface area contributed by atoms with E-state index in [1.165, 1.54) is 30.5 Å². The number of hydroxylamine groups is 1. The van der Waals surface area contributed by atoms with Crippen molar-refractivity contribution in [1.29, 1.82) is 0 Å². The van der Waals surface area contributed by atoms with Gasteiger partial charge in [-0.3, -0.25) is 14.4 Å². The Morgan fingerprint density at radius 3 is 2.25 bits per heavy atom. The van der Waals surface area contributed by atoms with Crippen LogP contribution < -0.4 is 9.96 Å². The molecule has 3 atom stereocenters. The van der Waals surface area contributed by atoms with Gasteiger partial charge in [0, 0.05) is 0 Å². The molecule has 0 saturated carbocycles. The van der Waals surface area contributed by atoms with Gasteiger partial charge in [0.1, 0.15) is 23.5 Å². The van der Waals surface area contributed by atoms with Gasteiger partial charge < -0.3 is 4.42 Å². The molecule has 28 heavy (non-hydrogen) atoms. The number of anilines is 2. The summed E-state index contributed by atoms with van der Waals surface area (Å²) in [7, 11) is 0. The number of amides is 2. The SMILES string of the molecule is O=C1[C@H]2[C@@H](c3ccco3)N(c3ccccc3)O[C@H]2C(=O)N1c1ccc(F)cc1. The second kappa shape index (κ2) is 6.31. The van der Waals surface area contributed by atoms with Gasteiger partial charge in [-0.2, -0.15) is 0 Å². The highest BCUT2D eigenvalue weighted by molar-refractivity contribution is 6.23. The number of halogens is 1. The third-order valence-corrected chi connectivity index (χ3v) is 5.05. The number of benzene rings is 2. The molecule has 0 bridgehead atoms. The van der Waals surface area contributed by atoms with Crippen molar-refractivity contribution in [3.8, 4) is 0 Å². The normalized spacial score (nSPS) is 24.1. The Morgan fingerprint density at radius 2 is 1.57 bits per heavy atom. The highest BCUT2D eigenvalue weighted by atomic mass is 19.1. The first kappa shape index (κ1) is 16.7. The van der Waals surface area contributed by atoms with E-state index in [1.807, 2.05) is 30.3 Å². The van der Waals surface area contributed by atoms with Crippen molar-refractivity contribution in [3.05, 3.63) is 84.6 Å². The smallest absolute Gasteiger partial charge is 0.266 e. The minimum absolute atomic E-state index is 0.318. The molecule has 0 aliphatic carbocycles. The van der Waals surface area contributed by atoms with E-state index >= 15 is 0 Å². The lowest BCUT2D eigenvalue weighted by Gasteiger charge is -2.27. The number of furan rings is 1. The molecule has 6 nitrogen and oxygen atoms in total. The van der Waals surface area contributed by atoms with Crippen LogP contribution in [0.1, 0.15) is 11.8 Å². The number of carbonyl (C=O) groups excluding carboxylic acids is 2. The first-order chi connectivity index (χ1) is 13.6. The predicted octanol–water partition coefficient (Wildman–Crippen LogP) is 3.47. The van der Waals surface area contributed by atoms with Gasteiger partial charge in [0.05, 0.1) is 17.6 Å². The van der Waals surface area contributed by atoms with E-state index < -0.39 is 35.7 Å². The molecule has 2 saturated heterocycles. The second-order valence-corrected chi connectivity index (χ2v) is 6.66. The summed E-state index contributed by atoms with van der Waals surface area (Å²) in [5.74, 6) is -1.57. The van der Waals surface area contributed by atoms with Crippen LogP contribution in [-0.4, -0.2) is 17.9 Å². The number of fused-ring (bicyclic) bond motifs is 1. The van der Waals surface area contributed by atoms with Crippen LogP contribution in [0.4, 0.5) is 15.8 Å². The largest absolute Gasteiger partial charge is 0.467 e. The highest BCUT2D eigenvalue weighted by Crippen LogP contribution is 2.47. The van der Waals surface area contributed by atoms with E-state index in [2.05, 4.69) is 0 Å². The van der Waals surface area contributed by atoms with Crippen LogP contribution in [-0.2, 0) is 14.4 Å². The number of hydrogen-bond acceptors (Lipinski definition) is 5. The molecule has 7 heteroatoms. The van der Waals surface area contributed by atoms with E-state index in [4.69, 9.17) is 9.25 Å². The zero-order valence-corrected chi connectivity index (χ0v) is 14.6. The molecule has 0 radical (unpaired) electrons. The monoisotopic (exact) mass is 378 g/mol. The van der Waals surface area contributed by atoms with E-state index in [0.717, 1.165) is 4.90 Å². The molecular formula is C21H15FN2O4. The van der Waals surface area contributed by atoms with Gasteiger partial charge in [-0.25, -0.2) is 14.4 Å². The van der Waals surface area contributed by atoms with Gasteiger partial charge in [-0.1, -0.05) is 18.2 Å². The fourth-order valence-electron chi connectivity index (χ4n) is 3.81. The first-order valence-corrected chi connectivity index (χ1v) is 8.83. The summed E-state index contributed by atoms with van der Waals surface area (Å²) < 4.78 is 18.8. The van der Waals surface area contributed by atoms with Crippen molar-refractivity contribution in [2.75, 3.05) is 9.96 Å². The van der Waals surface area contributed by atoms with Crippen LogP contribution in [0, 0.1) is 11.7 Å². The summed E-state index contributed by atoms with van der Waals surface area (Å²) in [5.41, 5.74) is 1.03. The van der Waals surface area contributed by atoms with Gasteiger partial charge in [0.15, 0.2) is 6.10 Å². The van der Waals surface area contributed by atoms with E-state index in [9.17, 15) is 14.0 Å². The van der Waals surface area contributed by atoms with Gasteiger partial charge in [-0.05, 0) is 48.5 Å². The Labute approximate surface area is 159 Å². The Bertz CT molecular complexity index is 1020. The number of imide groups is 1. The molecular weight excluding hydrogens is 363 g/mol. The molecule has 140 valence electrons. The third-order valence-electron chi connectivity index (χ3n) is 5.05. The lowest BCUT2D eigenvalue weighted by molar-refractivity contribution is -0.126. The topological polar surface area (TPSA) is 63.0 Å². The Kier molecular flexibility index (Phi) is 3.77. The molecule has 0 N–H and O–H groups in total. The van der Waals surface area contributed by atoms with Crippen molar-refractivity contribution in [2.24, 2.45) is 5.92 Å². The maximum atomic E-state index is 13.3. The summed E-state index contributed by atoms with van der Waals surface area (Å²) in [6.07, 6.45) is 0.540. The third kappa shape index (κ3) is 2.44. The van der Waals surface area contributed by atoms with Crippen molar-refractivity contribution >= 4 is 23.2 Å². The zero-order chi connectivity index (χ0) is 19.3. The van der Waals surface area contributed by atoms with Crippen LogP contribution in [0.15, 0.2) is 77.4 Å². The van der Waals surface area contributed by atoms with E-state index in [1.54, 1.807) is 17.2 Å². The number of hydrogen-bond donors (Lipinski definition) is 0. The second-order valence-electron chi connectivity index (χ2n) is 6.66. The molecule has 1 aromatic heterocycles. The van der Waals surface area contributed by atoms with Gasteiger partial charge in [0.25, 0.3) is 5.91 Å². The number of nitrogens with zero attached hydrogens (tertiary/aromatic N) is 2. The number of para-hydroxylation sites is 1. The molecule has 3 heterocycles. The summed E-state index contributed by atoms with van der Waals surface area (Å²) in [6.45, 7) is 0. The molecule has 2 amide bonds. The van der Waals surface area contributed by atoms with Crippen molar-refractivity contribution in [1.82, 2.24) is 0 Å². The molecule has 5 rings (SSSR count). The van der Waals surface area contributed by atoms with Crippen molar-refractivity contribution in [2.45, 2.75) is 12.1 Å². The predicted molar refractivity (Wildman–Crippen MR) is 97.6 cm³/mol. The zero-order valence-electron chi connectivity index (χ0n) is 14.6. The minimum Gasteiger partial charge on any atom is -0.467 e. The lowest BCUT2D eigenvalue weighted by Crippen LogP contribution is -2.37. The molecule has 2 fully saturated rings. The van der Waals surface area contributed by atoms with Crippen molar-refractivity contribution < 1.29 is 23.2 Å². The number of carbonyl (C=O) groups is 2. The van der Waals surface area contributed by atoms with Crippen LogP contribution in [0.25, 0.3) is 0 Å². The fourth-order valence-corrected chi connectivity index (χ4v) is 3.81. The molecule has 0 unspecified atom stereocenters. The average molecular weight is 378 g/mol. The van der Waals surface area contributed by atoms with Crippen molar-refractivity contribution in [3.63, 3.8) is 0 Å². The molecule has 2 aliphatic heterocycles. The van der Waals surface area contributed by atoms with E-state index in [0.29, 0.717) is 17.1 Å². The Morgan fingerprint density at radius 1 is 0.821 bits per heavy atom. The molecule has 0 spiro atoms. The maximum absolute atomic E-state index is 13.3. The quantitative estimate of drug-likeness (QED) is 0.653. The summed E-state index contributed by atoms with van der Waals surface area (Å²) >= 11 is 0.